The molecule has 0 spiro atoms. The Morgan fingerprint density at radius 3 is 2.00 bits per heavy atom. The molecule has 0 saturated carbocycles. The summed E-state index contributed by atoms with van der Waals surface area (Å²) >= 11 is 0. The number of rotatable bonds is 0. The van der Waals surface area contributed by atoms with E-state index in [4.69, 9.17) is 5.41 Å². The summed E-state index contributed by atoms with van der Waals surface area (Å²) in [5.41, 5.74) is 0.261. The number of amidine groups is 1. The molecule has 0 aromatic heterocycles. The van der Waals surface area contributed by atoms with Crippen molar-refractivity contribution in [2.24, 2.45) is 0 Å². The maximum Gasteiger partial charge on any atom is 0.0983 e. The molecule has 1 heterocycles. The zero-order chi connectivity index (χ0) is 6.36. The SMILES string of the molecule is CN1C(=N)CC1(C)C.Cl. The van der Waals surface area contributed by atoms with E-state index in [0.29, 0.717) is 0 Å². The summed E-state index contributed by atoms with van der Waals surface area (Å²) in [5.74, 6) is 0.759. The molecule has 0 bridgehead atoms. The van der Waals surface area contributed by atoms with E-state index in [9.17, 15) is 0 Å². The first-order valence-electron chi connectivity index (χ1n) is 2.85. The van der Waals surface area contributed by atoms with Gasteiger partial charge in [0.15, 0.2) is 0 Å². The fourth-order valence-corrected chi connectivity index (χ4v) is 0.921. The molecule has 0 unspecified atom stereocenters. The van der Waals surface area contributed by atoms with E-state index in [1.165, 1.54) is 0 Å². The van der Waals surface area contributed by atoms with Gasteiger partial charge in [-0.1, -0.05) is 0 Å². The van der Waals surface area contributed by atoms with Crippen molar-refractivity contribution in [3.8, 4) is 0 Å². The monoisotopic (exact) mass is 148 g/mol. The molecule has 1 aliphatic rings. The summed E-state index contributed by atoms with van der Waals surface area (Å²) in [5, 5.41) is 7.22. The summed E-state index contributed by atoms with van der Waals surface area (Å²) in [6, 6.07) is 0. The predicted octanol–water partition coefficient (Wildman–Crippen LogP) is 1.50. The molecule has 0 aliphatic carbocycles. The number of hydrogen-bond acceptors (Lipinski definition) is 1. The second-order valence-corrected chi connectivity index (χ2v) is 2.99. The molecule has 3 heteroatoms. The van der Waals surface area contributed by atoms with Gasteiger partial charge in [-0.2, -0.15) is 0 Å². The lowest BCUT2D eigenvalue weighted by Crippen LogP contribution is -2.57. The van der Waals surface area contributed by atoms with Crippen LogP contribution in [0.1, 0.15) is 20.3 Å². The Balaban J connectivity index is 0.000000640. The van der Waals surface area contributed by atoms with Gasteiger partial charge in [-0.3, -0.25) is 5.41 Å². The Hall–Kier alpha value is -0.240. The number of halogens is 1. The van der Waals surface area contributed by atoms with E-state index in [0.717, 1.165) is 12.3 Å². The highest BCUT2D eigenvalue weighted by Gasteiger charge is 2.36. The van der Waals surface area contributed by atoms with Crippen molar-refractivity contribution in [1.29, 1.82) is 5.41 Å². The molecule has 0 radical (unpaired) electrons. The van der Waals surface area contributed by atoms with Crippen LogP contribution in [0.15, 0.2) is 0 Å². The maximum absolute atomic E-state index is 7.22. The maximum atomic E-state index is 7.22. The lowest BCUT2D eigenvalue weighted by molar-refractivity contribution is 0.188. The van der Waals surface area contributed by atoms with Crippen LogP contribution in [0.5, 0.6) is 0 Å². The minimum absolute atomic E-state index is 0. The van der Waals surface area contributed by atoms with Gasteiger partial charge in [-0.05, 0) is 13.8 Å². The van der Waals surface area contributed by atoms with Crippen molar-refractivity contribution in [3.63, 3.8) is 0 Å². The summed E-state index contributed by atoms with van der Waals surface area (Å²) in [7, 11) is 1.96. The Bertz CT molecular complexity index is 131. The predicted molar refractivity (Wildman–Crippen MR) is 41.4 cm³/mol. The second kappa shape index (κ2) is 2.18. The largest absolute Gasteiger partial charge is 0.358 e. The van der Waals surface area contributed by atoms with Crippen LogP contribution in [0.3, 0.4) is 0 Å². The van der Waals surface area contributed by atoms with Crippen molar-refractivity contribution < 1.29 is 0 Å². The lowest BCUT2D eigenvalue weighted by atomic mass is 9.89. The quantitative estimate of drug-likeness (QED) is 0.554. The van der Waals surface area contributed by atoms with Crippen molar-refractivity contribution >= 4 is 18.2 Å². The number of hydrogen-bond donors (Lipinski definition) is 1. The van der Waals surface area contributed by atoms with Crippen molar-refractivity contribution in [2.75, 3.05) is 7.05 Å². The van der Waals surface area contributed by atoms with E-state index in [1.54, 1.807) is 0 Å². The Morgan fingerprint density at radius 1 is 1.56 bits per heavy atom. The van der Waals surface area contributed by atoms with Crippen LogP contribution >= 0.6 is 12.4 Å². The molecule has 1 N–H and O–H groups in total. The van der Waals surface area contributed by atoms with E-state index < -0.39 is 0 Å². The molecular formula is C6H13ClN2. The third-order valence-electron chi connectivity index (χ3n) is 1.91. The molecule has 1 rings (SSSR count). The average molecular weight is 149 g/mol. The summed E-state index contributed by atoms with van der Waals surface area (Å²) < 4.78 is 0. The fraction of sp³-hybridized carbons (Fsp3) is 0.833. The zero-order valence-corrected chi connectivity index (χ0v) is 6.88. The summed E-state index contributed by atoms with van der Waals surface area (Å²) in [4.78, 5) is 1.99. The normalized spacial score (nSPS) is 22.6. The van der Waals surface area contributed by atoms with Crippen LogP contribution < -0.4 is 0 Å². The third-order valence-corrected chi connectivity index (χ3v) is 1.91. The molecule has 54 valence electrons. The molecule has 1 saturated heterocycles. The van der Waals surface area contributed by atoms with Gasteiger partial charge in [-0.15, -0.1) is 12.4 Å². The first-order valence-corrected chi connectivity index (χ1v) is 2.85. The van der Waals surface area contributed by atoms with Crippen LogP contribution in [0.2, 0.25) is 0 Å². The first kappa shape index (κ1) is 8.76. The minimum atomic E-state index is 0. The second-order valence-electron chi connectivity index (χ2n) is 2.99. The summed E-state index contributed by atoms with van der Waals surface area (Å²) in [6.45, 7) is 4.29. The van der Waals surface area contributed by atoms with Gasteiger partial charge in [0.25, 0.3) is 0 Å². The Labute approximate surface area is 62.2 Å². The molecule has 1 fully saturated rings. The van der Waals surface area contributed by atoms with Gasteiger partial charge >= 0.3 is 0 Å². The molecule has 0 aromatic carbocycles. The van der Waals surface area contributed by atoms with E-state index in [2.05, 4.69) is 13.8 Å². The van der Waals surface area contributed by atoms with Crippen LogP contribution in [-0.2, 0) is 0 Å². The highest BCUT2D eigenvalue weighted by atomic mass is 35.5. The zero-order valence-electron chi connectivity index (χ0n) is 6.06. The van der Waals surface area contributed by atoms with E-state index in [-0.39, 0.29) is 17.9 Å². The summed E-state index contributed by atoms with van der Waals surface area (Å²) in [6.07, 6.45) is 0.934. The van der Waals surface area contributed by atoms with E-state index in [1.807, 2.05) is 11.9 Å². The smallest absolute Gasteiger partial charge is 0.0983 e. The topological polar surface area (TPSA) is 27.1 Å². The van der Waals surface area contributed by atoms with Gasteiger partial charge in [0.05, 0.1) is 5.84 Å². The third kappa shape index (κ3) is 1.18. The molecule has 0 amide bonds. The van der Waals surface area contributed by atoms with Gasteiger partial charge in [-0.25, -0.2) is 0 Å². The molecule has 1 aliphatic heterocycles. The molecule has 9 heavy (non-hydrogen) atoms. The molecule has 0 aromatic rings. The van der Waals surface area contributed by atoms with Crippen LogP contribution in [0.25, 0.3) is 0 Å². The number of nitrogens with one attached hydrogen (secondary N) is 1. The first-order chi connectivity index (χ1) is 3.54. The fourth-order valence-electron chi connectivity index (χ4n) is 0.921. The van der Waals surface area contributed by atoms with Crippen molar-refractivity contribution in [1.82, 2.24) is 4.90 Å². The van der Waals surface area contributed by atoms with Gasteiger partial charge in [0.1, 0.15) is 0 Å². The highest BCUT2D eigenvalue weighted by molar-refractivity contribution is 5.86. The highest BCUT2D eigenvalue weighted by Crippen LogP contribution is 2.28. The minimum Gasteiger partial charge on any atom is -0.358 e. The lowest BCUT2D eigenvalue weighted by Gasteiger charge is -2.47. The number of nitrogens with zero attached hydrogens (tertiary/aromatic N) is 1. The average Bonchev–Trinajstić information content (AvgIpc) is 1.65. The Morgan fingerprint density at radius 2 is 2.00 bits per heavy atom. The van der Waals surface area contributed by atoms with E-state index >= 15 is 0 Å². The van der Waals surface area contributed by atoms with Crippen LogP contribution in [-0.4, -0.2) is 23.3 Å². The van der Waals surface area contributed by atoms with Crippen LogP contribution in [0.4, 0.5) is 0 Å². The Kier molecular flexibility index (Phi) is 2.12. The van der Waals surface area contributed by atoms with Gasteiger partial charge in [0, 0.05) is 19.0 Å². The van der Waals surface area contributed by atoms with Crippen molar-refractivity contribution in [3.05, 3.63) is 0 Å². The van der Waals surface area contributed by atoms with Gasteiger partial charge in [0.2, 0.25) is 0 Å². The molecule has 2 nitrogen and oxygen atoms in total. The van der Waals surface area contributed by atoms with Crippen LogP contribution in [0, 0.1) is 5.41 Å². The molecular weight excluding hydrogens is 136 g/mol. The van der Waals surface area contributed by atoms with Gasteiger partial charge < -0.3 is 4.90 Å². The van der Waals surface area contributed by atoms with Crippen molar-refractivity contribution in [2.45, 2.75) is 25.8 Å². The molecule has 0 atom stereocenters. The standard InChI is InChI=1S/C6H12N2.ClH/c1-6(2)4-5(7)8(6)3;/h7H,4H2,1-3H3;1H. The number of likely N-dealkylation sites (tertiary alicyclic amines) is 1.